The molecule has 146 valence electrons. The molecule has 26 heavy (non-hydrogen) atoms. The molecule has 1 heterocycles. The lowest BCUT2D eigenvalue weighted by Crippen LogP contribution is -2.57. The molecule has 0 aliphatic carbocycles. The summed E-state index contributed by atoms with van der Waals surface area (Å²) in [7, 11) is 1.04. The molecule has 1 aromatic rings. The van der Waals surface area contributed by atoms with Crippen molar-refractivity contribution in [2.45, 2.75) is 31.6 Å². The van der Waals surface area contributed by atoms with Crippen LogP contribution in [-0.2, 0) is 9.84 Å². The van der Waals surface area contributed by atoms with Crippen molar-refractivity contribution in [3.63, 3.8) is 0 Å². The predicted octanol–water partition coefficient (Wildman–Crippen LogP) is 1.76. The Morgan fingerprint density at radius 3 is 2.50 bits per heavy atom. The second kappa shape index (κ2) is 8.39. The average molecular weight is 381 g/mol. The molecule has 1 aliphatic heterocycles. The van der Waals surface area contributed by atoms with Crippen LogP contribution in [0.4, 0.5) is 0 Å². The van der Waals surface area contributed by atoms with E-state index in [2.05, 4.69) is 41.3 Å². The monoisotopic (exact) mass is 380 g/mol. The molecule has 0 aromatic heterocycles. The first-order valence-electron chi connectivity index (χ1n) is 9.15. The average Bonchev–Trinajstić information content (AvgIpc) is 2.57. The van der Waals surface area contributed by atoms with E-state index in [9.17, 15) is 8.42 Å². The van der Waals surface area contributed by atoms with Gasteiger partial charge in [0.25, 0.3) is 0 Å². The number of hydrogen-bond donors (Lipinski definition) is 1. The fraction of sp³-hybridized carbons (Fsp3) is 0.632. The molecule has 0 spiro atoms. The molecule has 1 saturated heterocycles. The largest absolute Gasteiger partial charge is 0.357 e. The summed E-state index contributed by atoms with van der Waals surface area (Å²) in [6.45, 7) is 7.93. The van der Waals surface area contributed by atoms with Crippen LogP contribution in [0.25, 0.3) is 0 Å². The maximum absolute atomic E-state index is 12.3. The van der Waals surface area contributed by atoms with Crippen LogP contribution in [-0.4, -0.2) is 75.0 Å². The number of rotatable bonds is 5. The minimum absolute atomic E-state index is 0.167. The molecular weight excluding hydrogens is 348 g/mol. The van der Waals surface area contributed by atoms with Crippen molar-refractivity contribution in [2.24, 2.45) is 4.99 Å². The summed E-state index contributed by atoms with van der Waals surface area (Å²) in [6.07, 6.45) is 0. The van der Waals surface area contributed by atoms with Gasteiger partial charge in [-0.05, 0) is 40.4 Å². The highest BCUT2D eigenvalue weighted by atomic mass is 32.2. The van der Waals surface area contributed by atoms with Gasteiger partial charge in [0.05, 0.1) is 23.1 Å². The molecule has 1 unspecified atom stereocenters. The van der Waals surface area contributed by atoms with E-state index in [0.29, 0.717) is 19.6 Å². The Balaban J connectivity index is 2.20. The van der Waals surface area contributed by atoms with Crippen molar-refractivity contribution in [1.29, 1.82) is 0 Å². The minimum Gasteiger partial charge on any atom is -0.357 e. The number of aliphatic imine (C=N–C) groups is 1. The summed E-state index contributed by atoms with van der Waals surface area (Å²) in [4.78, 5) is 9.07. The third-order valence-electron chi connectivity index (χ3n) is 4.90. The highest BCUT2D eigenvalue weighted by Crippen LogP contribution is 2.24. The lowest BCUT2D eigenvalue weighted by molar-refractivity contribution is 0.303. The number of likely N-dealkylation sites (N-methyl/N-ethyl adjacent to an activating group) is 1. The summed E-state index contributed by atoms with van der Waals surface area (Å²) in [5.74, 6) is 0.957. The Morgan fingerprint density at radius 1 is 1.31 bits per heavy atom. The maximum Gasteiger partial charge on any atom is 0.194 e. The van der Waals surface area contributed by atoms with Gasteiger partial charge < -0.3 is 15.1 Å². The van der Waals surface area contributed by atoms with Crippen LogP contribution in [0.2, 0.25) is 0 Å². The van der Waals surface area contributed by atoms with Crippen LogP contribution < -0.4 is 5.32 Å². The number of hydrogen-bond acceptors (Lipinski definition) is 4. The molecule has 1 atom stereocenters. The van der Waals surface area contributed by atoms with E-state index in [4.69, 9.17) is 4.99 Å². The summed E-state index contributed by atoms with van der Waals surface area (Å²) in [5.41, 5.74) is 1.22. The molecule has 2 rings (SSSR count). The summed E-state index contributed by atoms with van der Waals surface area (Å²) in [6, 6.07) is 10.5. The molecule has 1 aromatic carbocycles. The molecule has 0 bridgehead atoms. The van der Waals surface area contributed by atoms with E-state index in [1.807, 2.05) is 25.1 Å². The normalized spacial score (nSPS) is 20.8. The van der Waals surface area contributed by atoms with Gasteiger partial charge in [0.2, 0.25) is 0 Å². The molecule has 6 nitrogen and oxygen atoms in total. The van der Waals surface area contributed by atoms with Gasteiger partial charge in [-0.2, -0.15) is 0 Å². The van der Waals surface area contributed by atoms with Gasteiger partial charge in [-0.1, -0.05) is 30.3 Å². The predicted molar refractivity (Wildman–Crippen MR) is 108 cm³/mol. The van der Waals surface area contributed by atoms with E-state index >= 15 is 0 Å². The third kappa shape index (κ3) is 4.76. The first kappa shape index (κ1) is 20.7. The molecule has 0 radical (unpaired) electrons. The Labute approximate surface area is 158 Å². The lowest BCUT2D eigenvalue weighted by Gasteiger charge is -2.39. The van der Waals surface area contributed by atoms with Gasteiger partial charge in [-0.3, -0.25) is 4.99 Å². The van der Waals surface area contributed by atoms with Crippen LogP contribution in [0.3, 0.4) is 0 Å². The van der Waals surface area contributed by atoms with E-state index in [0.717, 1.165) is 12.5 Å². The van der Waals surface area contributed by atoms with Gasteiger partial charge in [-0.25, -0.2) is 8.42 Å². The quantitative estimate of drug-likeness (QED) is 0.623. The highest BCUT2D eigenvalue weighted by molar-refractivity contribution is 7.92. The Kier molecular flexibility index (Phi) is 6.69. The molecular formula is C19H32N4O2S. The van der Waals surface area contributed by atoms with E-state index in [-0.39, 0.29) is 11.8 Å². The molecule has 0 amide bonds. The second-order valence-electron chi connectivity index (χ2n) is 7.58. The first-order valence-corrected chi connectivity index (χ1v) is 10.8. The molecule has 0 saturated carbocycles. The van der Waals surface area contributed by atoms with E-state index in [1.165, 1.54) is 5.56 Å². The highest BCUT2D eigenvalue weighted by Gasteiger charge is 2.41. The topological polar surface area (TPSA) is 65.0 Å². The Hall–Kier alpha value is -1.60. The van der Waals surface area contributed by atoms with Crippen LogP contribution in [0.5, 0.6) is 0 Å². The molecule has 1 fully saturated rings. The van der Waals surface area contributed by atoms with Crippen molar-refractivity contribution in [2.75, 3.05) is 46.0 Å². The van der Waals surface area contributed by atoms with Crippen LogP contribution in [0.1, 0.15) is 32.4 Å². The molecule has 1 N–H and O–H groups in total. The number of benzene rings is 1. The van der Waals surface area contributed by atoms with Crippen molar-refractivity contribution in [1.82, 2.24) is 15.1 Å². The standard InChI is InChI=1S/C19H32N4O2S/c1-6-20-18(23-12-13-26(24,25)19(2,3)15-23)21-14-17(22(4)5)16-10-8-7-9-11-16/h7-11,17H,6,12-15H2,1-5H3,(H,20,21). The Morgan fingerprint density at radius 2 is 1.96 bits per heavy atom. The van der Waals surface area contributed by atoms with Gasteiger partial charge in [-0.15, -0.1) is 0 Å². The maximum atomic E-state index is 12.3. The number of guanidine groups is 1. The fourth-order valence-electron chi connectivity index (χ4n) is 3.17. The molecule has 1 aliphatic rings. The fourth-order valence-corrected chi connectivity index (χ4v) is 4.53. The SMILES string of the molecule is CCNC(=NCC(c1ccccc1)N(C)C)N1CCS(=O)(=O)C(C)(C)C1. The zero-order valence-electron chi connectivity index (χ0n) is 16.6. The second-order valence-corrected chi connectivity index (χ2v) is 10.3. The van der Waals surface area contributed by atoms with E-state index in [1.54, 1.807) is 13.8 Å². The zero-order chi connectivity index (χ0) is 19.4. The van der Waals surface area contributed by atoms with Crippen molar-refractivity contribution in [3.05, 3.63) is 35.9 Å². The number of nitrogens with one attached hydrogen (secondary N) is 1. The third-order valence-corrected chi connectivity index (χ3v) is 7.43. The van der Waals surface area contributed by atoms with E-state index < -0.39 is 14.6 Å². The van der Waals surface area contributed by atoms with Gasteiger partial charge in [0.15, 0.2) is 15.8 Å². The first-order chi connectivity index (χ1) is 12.2. The lowest BCUT2D eigenvalue weighted by atomic mass is 10.1. The summed E-state index contributed by atoms with van der Waals surface area (Å²) >= 11 is 0. The molecule has 7 heteroatoms. The van der Waals surface area contributed by atoms with Crippen LogP contribution in [0, 0.1) is 0 Å². The number of sulfone groups is 1. The zero-order valence-corrected chi connectivity index (χ0v) is 17.4. The Bertz CT molecular complexity index is 714. The minimum atomic E-state index is -3.06. The van der Waals surface area contributed by atoms with Crippen LogP contribution >= 0.6 is 0 Å². The summed E-state index contributed by atoms with van der Waals surface area (Å²) in [5, 5.41) is 3.33. The van der Waals surface area contributed by atoms with Crippen molar-refractivity contribution < 1.29 is 8.42 Å². The number of nitrogens with zero attached hydrogens (tertiary/aromatic N) is 3. The van der Waals surface area contributed by atoms with Gasteiger partial charge >= 0.3 is 0 Å². The smallest absolute Gasteiger partial charge is 0.194 e. The van der Waals surface area contributed by atoms with Gasteiger partial charge in [0, 0.05) is 19.6 Å². The van der Waals surface area contributed by atoms with Gasteiger partial charge in [0.1, 0.15) is 0 Å². The summed E-state index contributed by atoms with van der Waals surface area (Å²) < 4.78 is 23.8. The van der Waals surface area contributed by atoms with Crippen molar-refractivity contribution in [3.8, 4) is 0 Å². The van der Waals surface area contributed by atoms with Crippen LogP contribution in [0.15, 0.2) is 35.3 Å². The van der Waals surface area contributed by atoms with Crippen molar-refractivity contribution >= 4 is 15.8 Å².